The normalized spacial score (nSPS) is 16.3. The van der Waals surface area contributed by atoms with Crippen LogP contribution in [0.4, 0.5) is 5.69 Å². The fourth-order valence-electron chi connectivity index (χ4n) is 3.62. The average Bonchev–Trinajstić information content (AvgIpc) is 3.49. The molecule has 1 amide bonds. The van der Waals surface area contributed by atoms with Gasteiger partial charge in [-0.05, 0) is 55.0 Å². The van der Waals surface area contributed by atoms with Crippen LogP contribution in [0.15, 0.2) is 35.2 Å². The molecule has 1 aliphatic heterocycles. The predicted octanol–water partition coefficient (Wildman–Crippen LogP) is 3.75. The Labute approximate surface area is 186 Å². The minimum atomic E-state index is -3.81. The average molecular weight is 468 g/mol. The van der Waals surface area contributed by atoms with Crippen molar-refractivity contribution < 1.29 is 13.2 Å². The molecule has 6 nitrogen and oxygen atoms in total. The summed E-state index contributed by atoms with van der Waals surface area (Å²) in [4.78, 5) is 14.8. The number of hydrogen-bond acceptors (Lipinski definition) is 4. The van der Waals surface area contributed by atoms with Gasteiger partial charge in [0.2, 0.25) is 10.0 Å². The van der Waals surface area contributed by atoms with Crippen molar-refractivity contribution in [2.75, 3.05) is 18.5 Å². The molecule has 0 unspecified atom stereocenters. The molecule has 1 aliphatic carbocycles. The maximum Gasteiger partial charge on any atom is 0.253 e. The van der Waals surface area contributed by atoms with Crippen LogP contribution in [0.1, 0.15) is 40.7 Å². The molecule has 2 aromatic carbocycles. The first kappa shape index (κ1) is 21.4. The minimum absolute atomic E-state index is 0.0106. The van der Waals surface area contributed by atoms with Crippen LogP contribution < -0.4 is 14.9 Å². The van der Waals surface area contributed by atoms with Crippen molar-refractivity contribution in [1.82, 2.24) is 10.0 Å². The van der Waals surface area contributed by atoms with Gasteiger partial charge >= 0.3 is 0 Å². The molecule has 0 aromatic heterocycles. The smallest absolute Gasteiger partial charge is 0.253 e. The molecule has 0 spiro atoms. The summed E-state index contributed by atoms with van der Waals surface area (Å²) in [5, 5.41) is 2.93. The van der Waals surface area contributed by atoms with E-state index in [-0.39, 0.29) is 26.5 Å². The zero-order chi connectivity index (χ0) is 21.5. The van der Waals surface area contributed by atoms with E-state index in [4.69, 9.17) is 23.2 Å². The summed E-state index contributed by atoms with van der Waals surface area (Å²) in [5.74, 6) is -0.450. The second kappa shape index (κ2) is 8.38. The maximum absolute atomic E-state index is 12.7. The Morgan fingerprint density at radius 2 is 1.93 bits per heavy atom. The van der Waals surface area contributed by atoms with E-state index in [1.54, 1.807) is 0 Å². The van der Waals surface area contributed by atoms with Gasteiger partial charge in [0.1, 0.15) is 4.90 Å². The third-order valence-corrected chi connectivity index (χ3v) is 7.70. The van der Waals surface area contributed by atoms with Gasteiger partial charge in [0.15, 0.2) is 0 Å². The Morgan fingerprint density at radius 1 is 1.17 bits per heavy atom. The zero-order valence-electron chi connectivity index (χ0n) is 16.5. The number of carbonyl (C=O) groups is 1. The van der Waals surface area contributed by atoms with Crippen LogP contribution in [-0.2, 0) is 23.0 Å². The van der Waals surface area contributed by atoms with Crippen molar-refractivity contribution in [3.05, 3.63) is 57.1 Å². The van der Waals surface area contributed by atoms with E-state index in [0.717, 1.165) is 37.8 Å². The van der Waals surface area contributed by atoms with Crippen LogP contribution in [0.5, 0.6) is 0 Å². The Balaban J connectivity index is 1.51. The van der Waals surface area contributed by atoms with E-state index in [1.807, 2.05) is 6.07 Å². The van der Waals surface area contributed by atoms with E-state index >= 15 is 0 Å². The van der Waals surface area contributed by atoms with Crippen molar-refractivity contribution >= 4 is 44.8 Å². The fraction of sp³-hybridized carbons (Fsp3) is 0.381. The van der Waals surface area contributed by atoms with Crippen LogP contribution in [-0.4, -0.2) is 34.0 Å². The monoisotopic (exact) mass is 467 g/mol. The van der Waals surface area contributed by atoms with Crippen molar-refractivity contribution in [2.24, 2.45) is 0 Å². The van der Waals surface area contributed by atoms with Gasteiger partial charge in [-0.25, -0.2) is 13.1 Å². The van der Waals surface area contributed by atoms with Gasteiger partial charge in [-0.3, -0.25) is 4.79 Å². The molecule has 1 fully saturated rings. The summed E-state index contributed by atoms with van der Waals surface area (Å²) in [7, 11) is -1.73. The number of rotatable bonds is 6. The number of nitrogens with one attached hydrogen (secondary N) is 2. The van der Waals surface area contributed by atoms with Crippen LogP contribution >= 0.6 is 23.2 Å². The van der Waals surface area contributed by atoms with E-state index in [0.29, 0.717) is 6.54 Å². The first-order valence-corrected chi connectivity index (χ1v) is 12.1. The second-order valence-electron chi connectivity index (χ2n) is 7.83. The number of carbonyl (C=O) groups excluding carboxylic acids is 1. The highest BCUT2D eigenvalue weighted by molar-refractivity contribution is 7.89. The van der Waals surface area contributed by atoms with Crippen LogP contribution in [0, 0.1) is 0 Å². The molecule has 30 heavy (non-hydrogen) atoms. The molecule has 0 radical (unpaired) electrons. The largest absolute Gasteiger partial charge is 0.374 e. The SMILES string of the molecule is CN1CCCc2cc(CNC(=O)c3cc(S(=O)(=O)NC4CC4)c(Cl)cc3Cl)ccc21. The highest BCUT2D eigenvalue weighted by atomic mass is 35.5. The summed E-state index contributed by atoms with van der Waals surface area (Å²) in [5.41, 5.74) is 3.54. The summed E-state index contributed by atoms with van der Waals surface area (Å²) in [6, 6.07) is 8.63. The van der Waals surface area contributed by atoms with Gasteiger partial charge in [0, 0.05) is 31.9 Å². The van der Waals surface area contributed by atoms with Crippen molar-refractivity contribution in [3.8, 4) is 0 Å². The standard InChI is InChI=1S/C21H23Cl2N3O3S/c1-26-8-2-3-14-9-13(4-7-19(14)26)12-24-21(27)16-10-20(18(23)11-17(16)22)30(28,29)25-15-5-6-15/h4,7,9-11,15,25H,2-3,5-6,8,12H2,1H3,(H,24,27). The molecular formula is C21H23Cl2N3O3S. The minimum Gasteiger partial charge on any atom is -0.374 e. The lowest BCUT2D eigenvalue weighted by molar-refractivity contribution is 0.0951. The van der Waals surface area contributed by atoms with Crippen molar-refractivity contribution in [1.29, 1.82) is 0 Å². The Bertz CT molecular complexity index is 1100. The number of amides is 1. The molecule has 0 atom stereocenters. The predicted molar refractivity (Wildman–Crippen MR) is 119 cm³/mol. The van der Waals surface area contributed by atoms with Gasteiger partial charge in [-0.1, -0.05) is 35.3 Å². The number of fused-ring (bicyclic) bond motifs is 1. The molecule has 2 aliphatic rings. The Morgan fingerprint density at radius 3 is 2.67 bits per heavy atom. The summed E-state index contributed by atoms with van der Waals surface area (Å²) < 4.78 is 27.7. The first-order chi connectivity index (χ1) is 14.2. The fourth-order valence-corrected chi connectivity index (χ4v) is 5.78. The molecule has 1 heterocycles. The summed E-state index contributed by atoms with van der Waals surface area (Å²) in [6.07, 6.45) is 3.72. The highest BCUT2D eigenvalue weighted by Gasteiger charge is 2.30. The van der Waals surface area contributed by atoms with Gasteiger partial charge in [0.25, 0.3) is 5.91 Å². The second-order valence-corrected chi connectivity index (χ2v) is 10.3. The maximum atomic E-state index is 12.7. The molecule has 2 aromatic rings. The van der Waals surface area contributed by atoms with Crippen molar-refractivity contribution in [3.63, 3.8) is 0 Å². The highest BCUT2D eigenvalue weighted by Crippen LogP contribution is 2.31. The third-order valence-electron chi connectivity index (χ3n) is 5.40. The summed E-state index contributed by atoms with van der Waals surface area (Å²) in [6.45, 7) is 1.36. The zero-order valence-corrected chi connectivity index (χ0v) is 18.9. The third kappa shape index (κ3) is 4.59. The lowest BCUT2D eigenvalue weighted by Crippen LogP contribution is -2.28. The molecule has 9 heteroatoms. The number of hydrogen-bond donors (Lipinski definition) is 2. The summed E-state index contributed by atoms with van der Waals surface area (Å²) >= 11 is 12.3. The van der Waals surface area contributed by atoms with E-state index in [9.17, 15) is 13.2 Å². The van der Waals surface area contributed by atoms with Crippen LogP contribution in [0.2, 0.25) is 10.0 Å². The number of aryl methyl sites for hydroxylation is 1. The van der Waals surface area contributed by atoms with Gasteiger partial charge in [-0.15, -0.1) is 0 Å². The molecule has 160 valence electrons. The van der Waals surface area contributed by atoms with E-state index in [2.05, 4.69) is 34.1 Å². The quantitative estimate of drug-likeness (QED) is 0.677. The topological polar surface area (TPSA) is 78.5 Å². The van der Waals surface area contributed by atoms with Gasteiger partial charge < -0.3 is 10.2 Å². The van der Waals surface area contributed by atoms with Crippen LogP contribution in [0.25, 0.3) is 0 Å². The molecule has 0 saturated heterocycles. The molecule has 0 bridgehead atoms. The molecule has 1 saturated carbocycles. The number of nitrogens with zero attached hydrogens (tertiary/aromatic N) is 1. The first-order valence-electron chi connectivity index (χ1n) is 9.87. The number of sulfonamides is 1. The lowest BCUT2D eigenvalue weighted by atomic mass is 9.99. The van der Waals surface area contributed by atoms with Crippen LogP contribution in [0.3, 0.4) is 0 Å². The lowest BCUT2D eigenvalue weighted by Gasteiger charge is -2.27. The molecular weight excluding hydrogens is 445 g/mol. The molecule has 4 rings (SSSR count). The van der Waals surface area contributed by atoms with E-state index < -0.39 is 15.9 Å². The van der Waals surface area contributed by atoms with E-state index in [1.165, 1.54) is 23.4 Å². The van der Waals surface area contributed by atoms with Gasteiger partial charge in [0.05, 0.1) is 15.6 Å². The van der Waals surface area contributed by atoms with Crippen molar-refractivity contribution in [2.45, 2.75) is 43.2 Å². The molecule has 2 N–H and O–H groups in total. The Hall–Kier alpha value is -1.80. The van der Waals surface area contributed by atoms with Gasteiger partial charge in [-0.2, -0.15) is 0 Å². The number of benzene rings is 2. The Kier molecular flexibility index (Phi) is 5.99. The number of halogens is 2. The number of anilines is 1.